The fraction of sp³-hybridized carbons (Fsp3) is 0.333. The highest BCUT2D eigenvalue weighted by Gasteiger charge is 2.27. The molecule has 20 heavy (non-hydrogen) atoms. The summed E-state index contributed by atoms with van der Waals surface area (Å²) in [6.45, 7) is 2.78. The number of aliphatic hydroxyl groups excluding tert-OH is 1. The van der Waals surface area contributed by atoms with Gasteiger partial charge in [-0.05, 0) is 42.5 Å². The first-order valence-corrected chi connectivity index (χ1v) is 7.20. The Bertz CT molecular complexity index is 591. The summed E-state index contributed by atoms with van der Waals surface area (Å²) in [5.41, 5.74) is 3.61. The average Bonchev–Trinajstić information content (AvgIpc) is 2.49. The molecule has 2 atom stereocenters. The second-order valence-electron chi connectivity index (χ2n) is 5.48. The third-order valence-electron chi connectivity index (χ3n) is 4.16. The van der Waals surface area contributed by atoms with Gasteiger partial charge in [0.2, 0.25) is 0 Å². The predicted octanol–water partition coefficient (Wildman–Crippen LogP) is 3.46. The van der Waals surface area contributed by atoms with E-state index in [9.17, 15) is 5.11 Å². The van der Waals surface area contributed by atoms with Crippen molar-refractivity contribution in [3.63, 3.8) is 0 Å². The average molecular weight is 268 g/mol. The van der Waals surface area contributed by atoms with Crippen LogP contribution in [-0.4, -0.2) is 17.8 Å². The van der Waals surface area contributed by atoms with Crippen molar-refractivity contribution >= 4 is 0 Å². The molecule has 0 radical (unpaired) electrons. The minimum atomic E-state index is -0.360. The van der Waals surface area contributed by atoms with Gasteiger partial charge >= 0.3 is 0 Å². The standard InChI is InChI=1S/C18H20O2/c1-13-6-2-3-7-14(13)12-17(19)15-10-11-20-18-9-5-4-8-16(15)18/h2-9,15,17,19H,10-12H2,1H3. The molecule has 2 unspecified atom stereocenters. The number of fused-ring (bicyclic) bond motifs is 1. The first kappa shape index (κ1) is 13.2. The Kier molecular flexibility index (Phi) is 3.75. The van der Waals surface area contributed by atoms with Crippen molar-refractivity contribution in [2.24, 2.45) is 0 Å². The Hall–Kier alpha value is -1.80. The third-order valence-corrected chi connectivity index (χ3v) is 4.16. The predicted molar refractivity (Wildman–Crippen MR) is 80.2 cm³/mol. The Morgan fingerprint density at radius 1 is 1.15 bits per heavy atom. The minimum absolute atomic E-state index is 0.166. The molecule has 0 bridgehead atoms. The van der Waals surface area contributed by atoms with E-state index in [1.165, 1.54) is 11.1 Å². The van der Waals surface area contributed by atoms with Crippen molar-refractivity contribution in [3.8, 4) is 5.75 Å². The number of aliphatic hydroxyl groups is 1. The monoisotopic (exact) mass is 268 g/mol. The van der Waals surface area contributed by atoms with Gasteiger partial charge in [0, 0.05) is 5.92 Å². The molecular formula is C18H20O2. The first-order chi connectivity index (χ1) is 9.75. The highest BCUT2D eigenvalue weighted by Crippen LogP contribution is 2.36. The highest BCUT2D eigenvalue weighted by molar-refractivity contribution is 5.39. The molecule has 2 aromatic rings. The lowest BCUT2D eigenvalue weighted by molar-refractivity contribution is 0.116. The first-order valence-electron chi connectivity index (χ1n) is 7.20. The van der Waals surface area contributed by atoms with Crippen LogP contribution in [-0.2, 0) is 6.42 Å². The minimum Gasteiger partial charge on any atom is -0.493 e. The largest absolute Gasteiger partial charge is 0.493 e. The van der Waals surface area contributed by atoms with Gasteiger partial charge < -0.3 is 9.84 Å². The SMILES string of the molecule is Cc1ccccc1CC(O)C1CCOc2ccccc21. The lowest BCUT2D eigenvalue weighted by Gasteiger charge is -2.29. The Labute approximate surface area is 120 Å². The van der Waals surface area contributed by atoms with Crippen molar-refractivity contribution in [2.75, 3.05) is 6.61 Å². The summed E-state index contributed by atoms with van der Waals surface area (Å²) in [4.78, 5) is 0. The molecule has 1 heterocycles. The third kappa shape index (κ3) is 2.56. The maximum absolute atomic E-state index is 10.6. The molecule has 0 fully saturated rings. The van der Waals surface area contributed by atoms with E-state index in [1.54, 1.807) is 0 Å². The Morgan fingerprint density at radius 3 is 2.75 bits per heavy atom. The van der Waals surface area contributed by atoms with Crippen molar-refractivity contribution in [2.45, 2.75) is 31.8 Å². The molecule has 104 valence electrons. The molecule has 0 aromatic heterocycles. The van der Waals surface area contributed by atoms with E-state index >= 15 is 0 Å². The van der Waals surface area contributed by atoms with Crippen LogP contribution in [0.15, 0.2) is 48.5 Å². The molecule has 0 aliphatic carbocycles. The number of rotatable bonds is 3. The molecule has 1 aliphatic heterocycles. The molecule has 3 rings (SSSR count). The van der Waals surface area contributed by atoms with E-state index in [0.29, 0.717) is 13.0 Å². The number of benzene rings is 2. The summed E-state index contributed by atoms with van der Waals surface area (Å²) in [6.07, 6.45) is 1.22. The van der Waals surface area contributed by atoms with E-state index in [0.717, 1.165) is 17.7 Å². The van der Waals surface area contributed by atoms with Crippen LogP contribution >= 0.6 is 0 Å². The summed E-state index contributed by atoms with van der Waals surface area (Å²) in [5, 5.41) is 10.6. The summed E-state index contributed by atoms with van der Waals surface area (Å²) in [6, 6.07) is 16.3. The lowest BCUT2D eigenvalue weighted by Crippen LogP contribution is -2.26. The molecule has 0 saturated heterocycles. The van der Waals surface area contributed by atoms with E-state index in [2.05, 4.69) is 25.1 Å². The van der Waals surface area contributed by atoms with Gasteiger partial charge in [0.25, 0.3) is 0 Å². The molecule has 2 heteroatoms. The van der Waals surface area contributed by atoms with Gasteiger partial charge in [-0.1, -0.05) is 42.5 Å². The zero-order valence-corrected chi connectivity index (χ0v) is 11.8. The van der Waals surface area contributed by atoms with Crippen LogP contribution in [0, 0.1) is 6.92 Å². The second-order valence-corrected chi connectivity index (χ2v) is 5.48. The zero-order valence-electron chi connectivity index (χ0n) is 11.8. The molecule has 1 aliphatic rings. The fourth-order valence-electron chi connectivity index (χ4n) is 2.98. The molecule has 0 spiro atoms. The quantitative estimate of drug-likeness (QED) is 0.923. The zero-order chi connectivity index (χ0) is 13.9. The van der Waals surface area contributed by atoms with Crippen molar-refractivity contribution < 1.29 is 9.84 Å². The summed E-state index contributed by atoms with van der Waals surface area (Å²) in [7, 11) is 0. The van der Waals surface area contributed by atoms with E-state index in [-0.39, 0.29) is 12.0 Å². The van der Waals surface area contributed by atoms with Crippen molar-refractivity contribution in [3.05, 3.63) is 65.2 Å². The molecular weight excluding hydrogens is 248 g/mol. The molecule has 2 aromatic carbocycles. The number of aryl methyl sites for hydroxylation is 1. The van der Waals surface area contributed by atoms with Gasteiger partial charge in [-0.3, -0.25) is 0 Å². The van der Waals surface area contributed by atoms with Crippen molar-refractivity contribution in [1.82, 2.24) is 0 Å². The molecule has 0 saturated carbocycles. The van der Waals surface area contributed by atoms with Gasteiger partial charge in [-0.15, -0.1) is 0 Å². The fourth-order valence-corrected chi connectivity index (χ4v) is 2.98. The van der Waals surface area contributed by atoms with Crippen LogP contribution in [0.1, 0.15) is 29.0 Å². The van der Waals surface area contributed by atoms with E-state index in [4.69, 9.17) is 4.74 Å². The van der Waals surface area contributed by atoms with Crippen LogP contribution in [0.2, 0.25) is 0 Å². The number of hydrogen-bond acceptors (Lipinski definition) is 2. The summed E-state index contributed by atoms with van der Waals surface area (Å²) >= 11 is 0. The number of para-hydroxylation sites is 1. The number of hydrogen-bond donors (Lipinski definition) is 1. The van der Waals surface area contributed by atoms with E-state index in [1.807, 2.05) is 30.3 Å². The van der Waals surface area contributed by atoms with Gasteiger partial charge in [-0.2, -0.15) is 0 Å². The summed E-state index contributed by atoms with van der Waals surface area (Å²) in [5.74, 6) is 1.09. The normalized spacial score (nSPS) is 19.0. The van der Waals surface area contributed by atoms with Crippen molar-refractivity contribution in [1.29, 1.82) is 0 Å². The maximum atomic E-state index is 10.6. The van der Waals surface area contributed by atoms with Crippen LogP contribution < -0.4 is 4.74 Å². The van der Waals surface area contributed by atoms with Gasteiger partial charge in [0.15, 0.2) is 0 Å². The van der Waals surface area contributed by atoms with E-state index < -0.39 is 0 Å². The maximum Gasteiger partial charge on any atom is 0.122 e. The molecule has 2 nitrogen and oxygen atoms in total. The van der Waals surface area contributed by atoms with Gasteiger partial charge in [-0.25, -0.2) is 0 Å². The van der Waals surface area contributed by atoms with Crippen LogP contribution in [0.4, 0.5) is 0 Å². The molecule has 0 amide bonds. The lowest BCUT2D eigenvalue weighted by atomic mass is 9.85. The topological polar surface area (TPSA) is 29.5 Å². The molecule has 1 N–H and O–H groups in total. The summed E-state index contributed by atoms with van der Waals surface area (Å²) < 4.78 is 5.67. The van der Waals surface area contributed by atoms with Gasteiger partial charge in [0.1, 0.15) is 5.75 Å². The smallest absolute Gasteiger partial charge is 0.122 e. The van der Waals surface area contributed by atoms with Crippen LogP contribution in [0.5, 0.6) is 5.75 Å². The highest BCUT2D eigenvalue weighted by atomic mass is 16.5. The van der Waals surface area contributed by atoms with Crippen LogP contribution in [0.25, 0.3) is 0 Å². The Morgan fingerprint density at radius 2 is 1.90 bits per heavy atom. The van der Waals surface area contributed by atoms with Gasteiger partial charge in [0.05, 0.1) is 12.7 Å². The second kappa shape index (κ2) is 5.68. The number of ether oxygens (including phenoxy) is 1. The Balaban J connectivity index is 1.82. The van der Waals surface area contributed by atoms with Crippen LogP contribution in [0.3, 0.4) is 0 Å².